The zero-order valence-corrected chi connectivity index (χ0v) is 11.4. The van der Waals surface area contributed by atoms with Gasteiger partial charge in [0.2, 0.25) is 5.91 Å². The summed E-state index contributed by atoms with van der Waals surface area (Å²) in [6, 6.07) is 1.17. The highest BCUT2D eigenvalue weighted by Gasteiger charge is 2.28. The first-order chi connectivity index (χ1) is 8.69. The van der Waals surface area contributed by atoms with Crippen LogP contribution in [0.25, 0.3) is 0 Å². The van der Waals surface area contributed by atoms with Crippen LogP contribution < -0.4 is 11.1 Å². The molecule has 0 aromatic rings. The Morgan fingerprint density at radius 2 is 1.94 bits per heavy atom. The first kappa shape index (κ1) is 13.8. The van der Waals surface area contributed by atoms with Gasteiger partial charge in [-0.1, -0.05) is 6.92 Å². The van der Waals surface area contributed by atoms with Crippen molar-refractivity contribution in [2.75, 3.05) is 6.61 Å². The van der Waals surface area contributed by atoms with Crippen LogP contribution in [0, 0.1) is 5.92 Å². The molecule has 2 rings (SSSR count). The molecule has 2 aliphatic rings. The fraction of sp³-hybridized carbons (Fsp3) is 0.929. The van der Waals surface area contributed by atoms with Crippen molar-refractivity contribution in [3.05, 3.63) is 0 Å². The number of rotatable bonds is 4. The molecule has 1 heterocycles. The van der Waals surface area contributed by atoms with Crippen molar-refractivity contribution in [1.82, 2.24) is 5.32 Å². The van der Waals surface area contributed by atoms with Crippen LogP contribution in [0.4, 0.5) is 0 Å². The summed E-state index contributed by atoms with van der Waals surface area (Å²) in [6.45, 7) is 3.07. The first-order valence-electron chi connectivity index (χ1n) is 7.36. The van der Waals surface area contributed by atoms with Crippen LogP contribution >= 0.6 is 0 Å². The van der Waals surface area contributed by atoms with Crippen LogP contribution in [0.5, 0.6) is 0 Å². The van der Waals surface area contributed by atoms with E-state index in [-0.39, 0.29) is 11.8 Å². The zero-order chi connectivity index (χ0) is 13.0. The molecule has 1 aliphatic heterocycles. The molecule has 0 spiro atoms. The van der Waals surface area contributed by atoms with Gasteiger partial charge in [0, 0.05) is 24.6 Å². The van der Waals surface area contributed by atoms with Gasteiger partial charge >= 0.3 is 0 Å². The lowest BCUT2D eigenvalue weighted by molar-refractivity contribution is -0.122. The molecule has 2 fully saturated rings. The maximum absolute atomic E-state index is 11.1. The van der Waals surface area contributed by atoms with Crippen molar-refractivity contribution in [2.45, 2.75) is 70.1 Å². The maximum atomic E-state index is 11.1. The van der Waals surface area contributed by atoms with Crippen LogP contribution in [0.2, 0.25) is 0 Å². The molecule has 1 amide bonds. The highest BCUT2D eigenvalue weighted by Crippen LogP contribution is 2.25. The fourth-order valence-electron chi connectivity index (χ4n) is 3.19. The third kappa shape index (κ3) is 3.69. The molecule has 18 heavy (non-hydrogen) atoms. The Balaban J connectivity index is 1.72. The van der Waals surface area contributed by atoms with Crippen LogP contribution in [0.3, 0.4) is 0 Å². The summed E-state index contributed by atoms with van der Waals surface area (Å²) >= 11 is 0. The number of carbonyl (C=O) groups is 1. The van der Waals surface area contributed by atoms with Crippen molar-refractivity contribution >= 4 is 5.91 Å². The molecule has 2 unspecified atom stereocenters. The van der Waals surface area contributed by atoms with Gasteiger partial charge < -0.3 is 15.8 Å². The minimum atomic E-state index is -0.120. The largest absolute Gasteiger partial charge is 0.378 e. The van der Waals surface area contributed by atoms with Gasteiger partial charge in [0.1, 0.15) is 0 Å². The summed E-state index contributed by atoms with van der Waals surface area (Å²) in [6.07, 6.45) is 7.85. The second-order valence-corrected chi connectivity index (χ2v) is 5.74. The standard InChI is InChI=1S/C14H26N2O2/c1-2-13-9-12(7-8-18-13)16-11-5-3-10(4-6-11)14(15)17/h10-13,16H,2-9H2,1H3,(H2,15,17). The highest BCUT2D eigenvalue weighted by molar-refractivity contribution is 5.76. The number of ether oxygens (including phenoxy) is 1. The zero-order valence-electron chi connectivity index (χ0n) is 11.4. The summed E-state index contributed by atoms with van der Waals surface area (Å²) in [5.74, 6) is -0.00769. The maximum Gasteiger partial charge on any atom is 0.220 e. The summed E-state index contributed by atoms with van der Waals surface area (Å²) < 4.78 is 5.69. The smallest absolute Gasteiger partial charge is 0.220 e. The van der Waals surface area contributed by atoms with Crippen LogP contribution in [0.1, 0.15) is 51.9 Å². The number of hydrogen-bond donors (Lipinski definition) is 2. The molecule has 1 aliphatic carbocycles. The normalized spacial score (nSPS) is 37.4. The van der Waals surface area contributed by atoms with Crippen molar-refractivity contribution in [1.29, 1.82) is 0 Å². The molecule has 2 atom stereocenters. The summed E-state index contributed by atoms with van der Waals surface area (Å²) in [5.41, 5.74) is 5.36. The molecule has 0 bridgehead atoms. The number of nitrogens with two attached hydrogens (primary N) is 1. The van der Waals surface area contributed by atoms with E-state index in [4.69, 9.17) is 10.5 Å². The van der Waals surface area contributed by atoms with Gasteiger partial charge in [0.05, 0.1) is 6.10 Å². The topological polar surface area (TPSA) is 64.3 Å². The van der Waals surface area contributed by atoms with E-state index in [1.165, 1.54) is 0 Å². The predicted molar refractivity (Wildman–Crippen MR) is 71.1 cm³/mol. The van der Waals surface area contributed by atoms with E-state index >= 15 is 0 Å². The van der Waals surface area contributed by atoms with Crippen molar-refractivity contribution in [2.24, 2.45) is 11.7 Å². The molecular formula is C14H26N2O2. The quantitative estimate of drug-likeness (QED) is 0.800. The summed E-state index contributed by atoms with van der Waals surface area (Å²) in [7, 11) is 0. The lowest BCUT2D eigenvalue weighted by Crippen LogP contribution is -2.46. The van der Waals surface area contributed by atoms with Gasteiger partial charge in [0.15, 0.2) is 0 Å². The molecule has 104 valence electrons. The summed E-state index contributed by atoms with van der Waals surface area (Å²) in [4.78, 5) is 11.1. The number of nitrogens with one attached hydrogen (secondary N) is 1. The number of carbonyl (C=O) groups excluding carboxylic acids is 1. The van der Waals surface area contributed by atoms with Crippen LogP contribution in [-0.2, 0) is 9.53 Å². The van der Waals surface area contributed by atoms with E-state index in [2.05, 4.69) is 12.2 Å². The van der Waals surface area contributed by atoms with Gasteiger partial charge in [-0.2, -0.15) is 0 Å². The third-order valence-electron chi connectivity index (χ3n) is 4.42. The minimum Gasteiger partial charge on any atom is -0.378 e. The average Bonchev–Trinajstić information content (AvgIpc) is 2.39. The Hall–Kier alpha value is -0.610. The van der Waals surface area contributed by atoms with E-state index in [0.717, 1.165) is 51.6 Å². The monoisotopic (exact) mass is 254 g/mol. The average molecular weight is 254 g/mol. The number of primary amides is 1. The van der Waals surface area contributed by atoms with Crippen LogP contribution in [0.15, 0.2) is 0 Å². The molecule has 0 aromatic heterocycles. The minimum absolute atomic E-state index is 0.112. The van der Waals surface area contributed by atoms with Crippen molar-refractivity contribution < 1.29 is 9.53 Å². The molecule has 0 aromatic carbocycles. The Morgan fingerprint density at radius 3 is 2.56 bits per heavy atom. The molecule has 4 nitrogen and oxygen atoms in total. The fourth-order valence-corrected chi connectivity index (χ4v) is 3.19. The lowest BCUT2D eigenvalue weighted by Gasteiger charge is -2.35. The molecule has 4 heteroatoms. The number of amides is 1. The second kappa shape index (κ2) is 6.53. The molecule has 1 saturated carbocycles. The molecule has 0 radical (unpaired) electrons. The van der Waals surface area contributed by atoms with E-state index in [1.807, 2.05) is 0 Å². The van der Waals surface area contributed by atoms with Gasteiger partial charge in [-0.3, -0.25) is 4.79 Å². The Labute approximate surface area is 110 Å². The number of hydrogen-bond acceptors (Lipinski definition) is 3. The van der Waals surface area contributed by atoms with E-state index in [9.17, 15) is 4.79 Å². The van der Waals surface area contributed by atoms with Gasteiger partial charge in [0.25, 0.3) is 0 Å². The Bertz CT molecular complexity index is 275. The Kier molecular flexibility index (Phi) is 5.01. The van der Waals surface area contributed by atoms with Gasteiger partial charge in [-0.15, -0.1) is 0 Å². The summed E-state index contributed by atoms with van der Waals surface area (Å²) in [5, 5.41) is 3.75. The van der Waals surface area contributed by atoms with Gasteiger partial charge in [-0.25, -0.2) is 0 Å². The molecule has 3 N–H and O–H groups in total. The highest BCUT2D eigenvalue weighted by atomic mass is 16.5. The van der Waals surface area contributed by atoms with Crippen molar-refractivity contribution in [3.63, 3.8) is 0 Å². The lowest BCUT2D eigenvalue weighted by atomic mass is 9.85. The molecular weight excluding hydrogens is 228 g/mol. The second-order valence-electron chi connectivity index (χ2n) is 5.74. The van der Waals surface area contributed by atoms with E-state index in [0.29, 0.717) is 18.2 Å². The van der Waals surface area contributed by atoms with E-state index < -0.39 is 0 Å². The first-order valence-corrected chi connectivity index (χ1v) is 7.36. The van der Waals surface area contributed by atoms with Crippen molar-refractivity contribution in [3.8, 4) is 0 Å². The Morgan fingerprint density at radius 1 is 1.22 bits per heavy atom. The predicted octanol–water partition coefficient (Wildman–Crippen LogP) is 1.58. The third-order valence-corrected chi connectivity index (χ3v) is 4.42. The van der Waals surface area contributed by atoms with Crippen LogP contribution in [-0.4, -0.2) is 30.7 Å². The molecule has 1 saturated heterocycles. The van der Waals surface area contributed by atoms with Gasteiger partial charge in [-0.05, 0) is 44.9 Å². The van der Waals surface area contributed by atoms with E-state index in [1.54, 1.807) is 0 Å². The SMILES string of the molecule is CCC1CC(NC2CCC(C(N)=O)CC2)CCO1.